The number of alkyl halides is 3. The summed E-state index contributed by atoms with van der Waals surface area (Å²) in [5, 5.41) is 5.90. The third kappa shape index (κ3) is 2.74. The molecule has 0 fully saturated rings. The van der Waals surface area contributed by atoms with E-state index < -0.39 is 30.1 Å². The first-order chi connectivity index (χ1) is 12.3. The van der Waals surface area contributed by atoms with Gasteiger partial charge in [-0.2, -0.15) is 18.3 Å². The summed E-state index contributed by atoms with van der Waals surface area (Å²) in [6, 6.07) is 2.47. The molecule has 2 aromatic rings. The van der Waals surface area contributed by atoms with Crippen molar-refractivity contribution in [3.05, 3.63) is 34.9 Å². The summed E-state index contributed by atoms with van der Waals surface area (Å²) < 4.78 is 64.6. The number of halogens is 4. The standard InChI is InChI=1S/C16H13F4N3O3/c17-9-4-5-11-14(26-7-25-11)13(9)21-12(24)6-23-10-3-1-2-8(10)15(22-23)16(18,19)20/h4-5H,1-3,6-7H2,(H,21,24). The van der Waals surface area contributed by atoms with Gasteiger partial charge in [0.15, 0.2) is 23.0 Å². The van der Waals surface area contributed by atoms with E-state index in [1.165, 1.54) is 6.07 Å². The van der Waals surface area contributed by atoms with Gasteiger partial charge in [-0.15, -0.1) is 0 Å². The average Bonchev–Trinajstić information content (AvgIpc) is 3.26. The van der Waals surface area contributed by atoms with Crippen LogP contribution >= 0.6 is 0 Å². The molecule has 2 aliphatic rings. The fourth-order valence-electron chi connectivity index (χ4n) is 3.25. The largest absolute Gasteiger partial charge is 0.454 e. The van der Waals surface area contributed by atoms with Crippen molar-refractivity contribution in [3.63, 3.8) is 0 Å². The molecule has 0 atom stereocenters. The number of amides is 1. The van der Waals surface area contributed by atoms with Gasteiger partial charge in [0, 0.05) is 11.3 Å². The van der Waals surface area contributed by atoms with Crippen molar-refractivity contribution in [1.29, 1.82) is 0 Å². The number of fused-ring (bicyclic) bond motifs is 2. The minimum Gasteiger partial charge on any atom is -0.454 e. The highest BCUT2D eigenvalue weighted by Crippen LogP contribution is 2.41. The van der Waals surface area contributed by atoms with Crippen LogP contribution in [0, 0.1) is 5.82 Å². The van der Waals surface area contributed by atoms with E-state index in [0.29, 0.717) is 18.5 Å². The summed E-state index contributed by atoms with van der Waals surface area (Å²) in [7, 11) is 0. The van der Waals surface area contributed by atoms with Gasteiger partial charge in [0.05, 0.1) is 0 Å². The summed E-state index contributed by atoms with van der Waals surface area (Å²) >= 11 is 0. The maximum Gasteiger partial charge on any atom is 0.435 e. The van der Waals surface area contributed by atoms with E-state index in [1.54, 1.807) is 0 Å². The van der Waals surface area contributed by atoms with Crippen LogP contribution in [0.2, 0.25) is 0 Å². The van der Waals surface area contributed by atoms with Crippen LogP contribution in [0.3, 0.4) is 0 Å². The summed E-state index contributed by atoms with van der Waals surface area (Å²) in [5.41, 5.74) is -0.634. The SMILES string of the molecule is O=C(Cn1nc(C(F)(F)F)c2c1CCC2)Nc1c(F)ccc2c1OCO2. The zero-order valence-electron chi connectivity index (χ0n) is 13.3. The van der Waals surface area contributed by atoms with E-state index in [2.05, 4.69) is 10.4 Å². The molecule has 4 rings (SSSR count). The first-order valence-corrected chi connectivity index (χ1v) is 7.88. The maximum absolute atomic E-state index is 14.0. The lowest BCUT2D eigenvalue weighted by Crippen LogP contribution is -2.22. The average molecular weight is 371 g/mol. The fraction of sp³-hybridized carbons (Fsp3) is 0.375. The molecule has 0 saturated carbocycles. The van der Waals surface area contributed by atoms with Crippen molar-refractivity contribution in [2.75, 3.05) is 12.1 Å². The van der Waals surface area contributed by atoms with E-state index in [9.17, 15) is 22.4 Å². The van der Waals surface area contributed by atoms with Gasteiger partial charge in [-0.3, -0.25) is 9.48 Å². The lowest BCUT2D eigenvalue weighted by molar-refractivity contribution is -0.142. The third-order valence-electron chi connectivity index (χ3n) is 4.32. The number of anilines is 1. The number of carbonyl (C=O) groups excluding carboxylic acids is 1. The lowest BCUT2D eigenvalue weighted by atomic mass is 10.2. The van der Waals surface area contributed by atoms with Crippen LogP contribution in [0.4, 0.5) is 23.2 Å². The second-order valence-electron chi connectivity index (χ2n) is 5.99. The van der Waals surface area contributed by atoms with Crippen molar-refractivity contribution in [1.82, 2.24) is 9.78 Å². The predicted molar refractivity (Wildman–Crippen MR) is 80.4 cm³/mol. The van der Waals surface area contributed by atoms with E-state index in [1.807, 2.05) is 0 Å². The minimum atomic E-state index is -4.58. The molecule has 0 unspecified atom stereocenters. The summed E-state index contributed by atoms with van der Waals surface area (Å²) in [4.78, 5) is 12.3. The Bertz CT molecular complexity index is 892. The van der Waals surface area contributed by atoms with Gasteiger partial charge < -0.3 is 14.8 Å². The molecule has 1 amide bonds. The normalized spacial score (nSPS) is 15.2. The quantitative estimate of drug-likeness (QED) is 0.843. The maximum atomic E-state index is 14.0. The molecule has 2 heterocycles. The smallest absolute Gasteiger partial charge is 0.435 e. The highest BCUT2D eigenvalue weighted by molar-refractivity contribution is 5.93. The minimum absolute atomic E-state index is 0.0556. The summed E-state index contributed by atoms with van der Waals surface area (Å²) in [6.07, 6.45) is -3.31. The number of carbonyl (C=O) groups is 1. The molecule has 1 aromatic heterocycles. The molecule has 138 valence electrons. The molecular formula is C16H13F4N3O3. The van der Waals surface area contributed by atoms with Crippen LogP contribution in [0.1, 0.15) is 23.4 Å². The molecule has 0 bridgehead atoms. The molecule has 10 heteroatoms. The number of rotatable bonds is 3. The number of hydrogen-bond donors (Lipinski definition) is 1. The number of hydrogen-bond acceptors (Lipinski definition) is 4. The van der Waals surface area contributed by atoms with Crippen molar-refractivity contribution < 1.29 is 31.8 Å². The highest BCUT2D eigenvalue weighted by atomic mass is 19.4. The topological polar surface area (TPSA) is 65.4 Å². The first-order valence-electron chi connectivity index (χ1n) is 7.88. The molecule has 1 aliphatic carbocycles. The lowest BCUT2D eigenvalue weighted by Gasteiger charge is -2.10. The van der Waals surface area contributed by atoms with Crippen LogP contribution in [-0.4, -0.2) is 22.5 Å². The van der Waals surface area contributed by atoms with Crippen molar-refractivity contribution >= 4 is 11.6 Å². The molecule has 0 radical (unpaired) electrons. The molecule has 1 aliphatic heterocycles. The van der Waals surface area contributed by atoms with E-state index in [0.717, 1.165) is 10.7 Å². The Morgan fingerprint density at radius 2 is 2.08 bits per heavy atom. The molecule has 1 aromatic carbocycles. The Kier molecular flexibility index (Phi) is 3.78. The predicted octanol–water partition coefficient (Wildman–Crippen LogP) is 2.90. The molecule has 6 nitrogen and oxygen atoms in total. The van der Waals surface area contributed by atoms with Crippen LogP contribution < -0.4 is 14.8 Å². The molecule has 1 N–H and O–H groups in total. The highest BCUT2D eigenvalue weighted by Gasteiger charge is 2.40. The fourth-order valence-corrected chi connectivity index (χ4v) is 3.25. The number of nitrogens with one attached hydrogen (secondary N) is 1. The number of nitrogens with zero attached hydrogens (tertiary/aromatic N) is 2. The Hall–Kier alpha value is -2.78. The van der Waals surface area contributed by atoms with Crippen LogP contribution in [0.5, 0.6) is 11.5 Å². The van der Waals surface area contributed by atoms with Crippen molar-refractivity contribution in [2.24, 2.45) is 0 Å². The summed E-state index contributed by atoms with van der Waals surface area (Å²) in [6.45, 7) is -0.564. The molecule has 0 spiro atoms. The van der Waals surface area contributed by atoms with Gasteiger partial charge in [0.1, 0.15) is 12.2 Å². The Morgan fingerprint density at radius 1 is 1.27 bits per heavy atom. The molecular weight excluding hydrogens is 358 g/mol. The van der Waals surface area contributed by atoms with E-state index >= 15 is 0 Å². The molecule has 26 heavy (non-hydrogen) atoms. The van der Waals surface area contributed by atoms with Crippen molar-refractivity contribution in [3.8, 4) is 11.5 Å². The van der Waals surface area contributed by atoms with E-state index in [4.69, 9.17) is 9.47 Å². The summed E-state index contributed by atoms with van der Waals surface area (Å²) in [5.74, 6) is -1.11. The Labute approximate surface area is 144 Å². The van der Waals surface area contributed by atoms with Crippen LogP contribution in [-0.2, 0) is 30.4 Å². The van der Waals surface area contributed by atoms with Crippen molar-refractivity contribution in [2.45, 2.75) is 32.0 Å². The van der Waals surface area contributed by atoms with Gasteiger partial charge >= 0.3 is 6.18 Å². The van der Waals surface area contributed by atoms with Gasteiger partial charge in [0.2, 0.25) is 12.7 Å². The van der Waals surface area contributed by atoms with Gasteiger partial charge in [-0.05, 0) is 31.4 Å². The zero-order valence-corrected chi connectivity index (χ0v) is 13.3. The number of aromatic nitrogens is 2. The van der Waals surface area contributed by atoms with Crippen LogP contribution in [0.15, 0.2) is 12.1 Å². The first kappa shape index (κ1) is 16.7. The van der Waals surface area contributed by atoms with Gasteiger partial charge in [-0.1, -0.05) is 0 Å². The van der Waals surface area contributed by atoms with E-state index in [-0.39, 0.29) is 36.0 Å². The Balaban J connectivity index is 1.58. The zero-order chi connectivity index (χ0) is 18.5. The number of benzene rings is 1. The van der Waals surface area contributed by atoms with Gasteiger partial charge in [-0.25, -0.2) is 4.39 Å². The monoisotopic (exact) mass is 371 g/mol. The molecule has 0 saturated heterocycles. The van der Waals surface area contributed by atoms with Gasteiger partial charge in [0.25, 0.3) is 0 Å². The van der Waals surface area contributed by atoms with Crippen LogP contribution in [0.25, 0.3) is 0 Å². The second kappa shape index (κ2) is 5.89. The second-order valence-corrected chi connectivity index (χ2v) is 5.99. The Morgan fingerprint density at radius 3 is 2.85 bits per heavy atom. The number of ether oxygens (including phenoxy) is 2. The third-order valence-corrected chi connectivity index (χ3v) is 4.32.